The van der Waals surface area contributed by atoms with E-state index in [1.165, 1.54) is 4.90 Å². The molecule has 1 heterocycles. The van der Waals surface area contributed by atoms with Crippen LogP contribution in [0.5, 0.6) is 0 Å². The lowest BCUT2D eigenvalue weighted by Gasteiger charge is -2.33. The topological polar surface area (TPSA) is 57.6 Å². The Labute approximate surface area is 120 Å². The minimum atomic E-state index is -0.920. The molecule has 1 fully saturated rings. The predicted molar refractivity (Wildman–Crippen MR) is 75.2 cm³/mol. The van der Waals surface area contributed by atoms with E-state index in [2.05, 4.69) is 15.9 Å². The quantitative estimate of drug-likeness (QED) is 0.909. The van der Waals surface area contributed by atoms with Gasteiger partial charge in [-0.1, -0.05) is 12.1 Å². The van der Waals surface area contributed by atoms with Gasteiger partial charge in [-0.15, -0.1) is 0 Å². The average molecular weight is 326 g/mol. The largest absolute Gasteiger partial charge is 0.480 e. The zero-order valence-electron chi connectivity index (χ0n) is 10.7. The Morgan fingerprint density at radius 1 is 1.37 bits per heavy atom. The van der Waals surface area contributed by atoms with E-state index in [4.69, 9.17) is 0 Å². The number of likely N-dealkylation sites (tertiary alicyclic amines) is 1. The molecule has 0 bridgehead atoms. The van der Waals surface area contributed by atoms with Crippen molar-refractivity contribution in [3.8, 4) is 0 Å². The van der Waals surface area contributed by atoms with Gasteiger partial charge in [-0.25, -0.2) is 4.79 Å². The molecule has 0 radical (unpaired) electrons. The first-order valence-electron chi connectivity index (χ1n) is 6.31. The van der Waals surface area contributed by atoms with Gasteiger partial charge in [0.1, 0.15) is 6.04 Å². The van der Waals surface area contributed by atoms with Crippen LogP contribution >= 0.6 is 15.9 Å². The number of carboxylic acids is 1. The SMILES string of the molecule is Cc1cccc(C(=O)N2CCCCC2C(=O)O)c1Br. The molecule has 1 amide bonds. The number of aryl methyl sites for hydroxylation is 1. The number of carbonyl (C=O) groups excluding carboxylic acids is 1. The van der Waals surface area contributed by atoms with Gasteiger partial charge in [-0.2, -0.15) is 0 Å². The second-order valence-electron chi connectivity index (χ2n) is 4.78. The van der Waals surface area contributed by atoms with Gasteiger partial charge in [0.2, 0.25) is 0 Å². The Morgan fingerprint density at radius 3 is 2.79 bits per heavy atom. The maximum absolute atomic E-state index is 12.5. The van der Waals surface area contributed by atoms with Gasteiger partial charge < -0.3 is 10.0 Å². The number of nitrogens with zero attached hydrogens (tertiary/aromatic N) is 1. The fourth-order valence-electron chi connectivity index (χ4n) is 2.40. The number of aliphatic carboxylic acids is 1. The van der Waals surface area contributed by atoms with Gasteiger partial charge in [0.05, 0.1) is 5.56 Å². The molecule has 1 aromatic rings. The zero-order valence-corrected chi connectivity index (χ0v) is 12.3. The van der Waals surface area contributed by atoms with Crippen molar-refractivity contribution in [1.82, 2.24) is 4.90 Å². The van der Waals surface area contributed by atoms with Crippen LogP contribution in [0, 0.1) is 6.92 Å². The molecule has 1 atom stereocenters. The molecule has 1 N–H and O–H groups in total. The van der Waals surface area contributed by atoms with Crippen LogP contribution in [-0.4, -0.2) is 34.5 Å². The summed E-state index contributed by atoms with van der Waals surface area (Å²) in [7, 11) is 0. The van der Waals surface area contributed by atoms with E-state index in [-0.39, 0.29) is 5.91 Å². The summed E-state index contributed by atoms with van der Waals surface area (Å²) in [4.78, 5) is 25.2. The normalized spacial score (nSPS) is 19.3. The number of halogens is 1. The molecule has 19 heavy (non-hydrogen) atoms. The molecule has 0 aromatic heterocycles. The number of amides is 1. The Morgan fingerprint density at radius 2 is 2.11 bits per heavy atom. The average Bonchev–Trinajstić information content (AvgIpc) is 2.41. The van der Waals surface area contributed by atoms with Crippen molar-refractivity contribution in [1.29, 1.82) is 0 Å². The van der Waals surface area contributed by atoms with Crippen molar-refractivity contribution < 1.29 is 14.7 Å². The van der Waals surface area contributed by atoms with Gasteiger partial charge in [-0.3, -0.25) is 4.79 Å². The first-order chi connectivity index (χ1) is 9.02. The third kappa shape index (κ3) is 2.81. The van der Waals surface area contributed by atoms with Crippen molar-refractivity contribution >= 4 is 27.8 Å². The minimum absolute atomic E-state index is 0.206. The van der Waals surface area contributed by atoms with Crippen molar-refractivity contribution in [2.75, 3.05) is 6.54 Å². The molecule has 0 aliphatic carbocycles. The van der Waals surface area contributed by atoms with E-state index in [9.17, 15) is 14.7 Å². The van der Waals surface area contributed by atoms with Gasteiger partial charge in [0, 0.05) is 11.0 Å². The molecular formula is C14H16BrNO3. The maximum atomic E-state index is 12.5. The van der Waals surface area contributed by atoms with Crippen LogP contribution in [0.3, 0.4) is 0 Å². The summed E-state index contributed by atoms with van der Waals surface area (Å²) in [5, 5.41) is 9.22. The van der Waals surface area contributed by atoms with Crippen LogP contribution in [0.2, 0.25) is 0 Å². The fourth-order valence-corrected chi connectivity index (χ4v) is 2.83. The number of hydrogen-bond donors (Lipinski definition) is 1. The molecule has 1 unspecified atom stereocenters. The van der Waals surface area contributed by atoms with Crippen LogP contribution in [-0.2, 0) is 4.79 Å². The van der Waals surface area contributed by atoms with Crippen LogP contribution in [0.15, 0.2) is 22.7 Å². The second-order valence-corrected chi connectivity index (χ2v) is 5.58. The van der Waals surface area contributed by atoms with Gasteiger partial charge >= 0.3 is 5.97 Å². The maximum Gasteiger partial charge on any atom is 0.326 e. The van der Waals surface area contributed by atoms with Crippen LogP contribution in [0.25, 0.3) is 0 Å². The first kappa shape index (κ1) is 14.1. The summed E-state index contributed by atoms with van der Waals surface area (Å²) in [5.74, 6) is -1.13. The number of carbonyl (C=O) groups is 2. The van der Waals surface area contributed by atoms with Crippen molar-refractivity contribution in [2.45, 2.75) is 32.2 Å². The molecule has 1 aliphatic rings. The highest BCUT2D eigenvalue weighted by molar-refractivity contribution is 9.10. The van der Waals surface area contributed by atoms with Crippen molar-refractivity contribution in [3.63, 3.8) is 0 Å². The van der Waals surface area contributed by atoms with E-state index in [1.807, 2.05) is 19.1 Å². The predicted octanol–water partition coefficient (Wildman–Crippen LogP) is 2.84. The zero-order chi connectivity index (χ0) is 14.0. The van der Waals surface area contributed by atoms with E-state index in [0.29, 0.717) is 18.5 Å². The highest BCUT2D eigenvalue weighted by atomic mass is 79.9. The van der Waals surface area contributed by atoms with Gasteiger partial charge in [-0.05, 0) is 53.7 Å². The van der Waals surface area contributed by atoms with Gasteiger partial charge in [0.25, 0.3) is 5.91 Å². The van der Waals surface area contributed by atoms with Crippen molar-refractivity contribution in [2.24, 2.45) is 0 Å². The number of benzene rings is 1. The second kappa shape index (κ2) is 5.74. The van der Waals surface area contributed by atoms with Crippen LogP contribution in [0.1, 0.15) is 35.2 Å². The first-order valence-corrected chi connectivity index (χ1v) is 7.10. The minimum Gasteiger partial charge on any atom is -0.480 e. The number of piperidine rings is 1. The summed E-state index contributed by atoms with van der Waals surface area (Å²) in [6, 6.07) is 4.75. The monoisotopic (exact) mass is 325 g/mol. The molecule has 1 aliphatic heterocycles. The lowest BCUT2D eigenvalue weighted by Crippen LogP contribution is -2.48. The lowest BCUT2D eigenvalue weighted by atomic mass is 10.0. The summed E-state index contributed by atoms with van der Waals surface area (Å²) in [6.45, 7) is 2.42. The molecule has 1 saturated heterocycles. The Balaban J connectivity index is 2.31. The van der Waals surface area contributed by atoms with E-state index < -0.39 is 12.0 Å². The molecule has 2 rings (SSSR count). The molecule has 102 valence electrons. The molecule has 4 nitrogen and oxygen atoms in total. The Hall–Kier alpha value is -1.36. The summed E-state index contributed by atoms with van der Waals surface area (Å²) in [5.41, 5.74) is 1.50. The highest BCUT2D eigenvalue weighted by Crippen LogP contribution is 2.26. The smallest absolute Gasteiger partial charge is 0.326 e. The van der Waals surface area contributed by atoms with Crippen LogP contribution < -0.4 is 0 Å². The Kier molecular flexibility index (Phi) is 4.24. The number of rotatable bonds is 2. The molecule has 0 spiro atoms. The van der Waals surface area contributed by atoms with E-state index >= 15 is 0 Å². The Bertz CT molecular complexity index is 515. The third-order valence-electron chi connectivity index (χ3n) is 3.47. The number of hydrogen-bond acceptors (Lipinski definition) is 2. The fraction of sp³-hybridized carbons (Fsp3) is 0.429. The highest BCUT2D eigenvalue weighted by Gasteiger charge is 2.33. The molecule has 1 aromatic carbocycles. The standard InChI is InChI=1S/C14H16BrNO3/c1-9-5-4-6-10(12(9)15)13(17)16-8-3-2-7-11(16)14(18)19/h4-6,11H,2-3,7-8H2,1H3,(H,18,19). The lowest BCUT2D eigenvalue weighted by molar-refractivity contribution is -0.143. The summed E-state index contributed by atoms with van der Waals surface area (Å²) < 4.78 is 0.745. The summed E-state index contributed by atoms with van der Waals surface area (Å²) >= 11 is 3.41. The van der Waals surface area contributed by atoms with Gasteiger partial charge in [0.15, 0.2) is 0 Å². The molecule has 0 saturated carbocycles. The van der Waals surface area contributed by atoms with E-state index in [1.54, 1.807) is 6.07 Å². The molecular weight excluding hydrogens is 310 g/mol. The summed E-state index contributed by atoms with van der Waals surface area (Å²) in [6.07, 6.45) is 2.25. The molecule has 5 heteroatoms. The van der Waals surface area contributed by atoms with Crippen molar-refractivity contribution in [3.05, 3.63) is 33.8 Å². The number of carboxylic acid groups (broad SMARTS) is 1. The van der Waals surface area contributed by atoms with Crippen LogP contribution in [0.4, 0.5) is 0 Å². The third-order valence-corrected chi connectivity index (χ3v) is 4.52. The van der Waals surface area contributed by atoms with E-state index in [0.717, 1.165) is 22.9 Å².